The fourth-order valence-corrected chi connectivity index (χ4v) is 2.56. The largest absolute Gasteiger partial charge is 0.458 e. The molecule has 5 heteroatoms. The van der Waals surface area contributed by atoms with E-state index in [9.17, 15) is 4.39 Å². The lowest BCUT2D eigenvalue weighted by Crippen LogP contribution is -2.16. The van der Waals surface area contributed by atoms with Crippen LogP contribution in [0.15, 0.2) is 21.0 Å². The summed E-state index contributed by atoms with van der Waals surface area (Å²) in [6.45, 7) is 4.78. The Morgan fingerprint density at radius 2 is 2.24 bits per heavy atom. The number of benzene rings is 1. The van der Waals surface area contributed by atoms with Crippen LogP contribution in [0.2, 0.25) is 5.02 Å². The zero-order valence-corrected chi connectivity index (χ0v) is 11.8. The molecule has 17 heavy (non-hydrogen) atoms. The third-order valence-corrected chi connectivity index (χ3v) is 3.46. The number of furan rings is 1. The van der Waals surface area contributed by atoms with E-state index in [-0.39, 0.29) is 11.9 Å². The van der Waals surface area contributed by atoms with Gasteiger partial charge in [0.05, 0.1) is 20.9 Å². The highest BCUT2D eigenvalue weighted by Gasteiger charge is 2.17. The molecule has 1 aromatic carbocycles. The van der Waals surface area contributed by atoms with Gasteiger partial charge in [-0.3, -0.25) is 0 Å². The molecule has 1 heterocycles. The third kappa shape index (κ3) is 2.34. The molecule has 0 aliphatic heterocycles. The second kappa shape index (κ2) is 4.96. The van der Waals surface area contributed by atoms with Crippen LogP contribution in [0.3, 0.4) is 0 Å². The lowest BCUT2D eigenvalue weighted by molar-refractivity contribution is 0.459. The zero-order valence-electron chi connectivity index (χ0n) is 9.48. The summed E-state index contributed by atoms with van der Waals surface area (Å²) >= 11 is 9.15. The molecule has 0 aliphatic carbocycles. The van der Waals surface area contributed by atoms with Gasteiger partial charge >= 0.3 is 0 Å². The minimum Gasteiger partial charge on any atom is -0.458 e. The van der Waals surface area contributed by atoms with Crippen molar-refractivity contribution in [3.8, 4) is 0 Å². The highest BCUT2D eigenvalue weighted by Crippen LogP contribution is 2.35. The zero-order chi connectivity index (χ0) is 12.6. The topological polar surface area (TPSA) is 25.2 Å². The Labute approximate surface area is 112 Å². The first-order valence-electron chi connectivity index (χ1n) is 5.35. The van der Waals surface area contributed by atoms with Gasteiger partial charge in [0.1, 0.15) is 11.6 Å². The van der Waals surface area contributed by atoms with Crippen LogP contribution in [0.5, 0.6) is 0 Å². The Kier molecular flexibility index (Phi) is 3.76. The summed E-state index contributed by atoms with van der Waals surface area (Å²) in [6, 6.07) is 3.22. The van der Waals surface area contributed by atoms with Gasteiger partial charge in [-0.2, -0.15) is 0 Å². The van der Waals surface area contributed by atoms with Gasteiger partial charge in [-0.25, -0.2) is 4.39 Å². The average molecular weight is 321 g/mol. The smallest absolute Gasteiger partial charge is 0.155 e. The van der Waals surface area contributed by atoms with Crippen LogP contribution in [0, 0.1) is 5.82 Å². The van der Waals surface area contributed by atoms with E-state index >= 15 is 0 Å². The van der Waals surface area contributed by atoms with Gasteiger partial charge in [-0.1, -0.05) is 18.5 Å². The Morgan fingerprint density at radius 1 is 1.53 bits per heavy atom. The van der Waals surface area contributed by atoms with Gasteiger partial charge < -0.3 is 9.73 Å². The minimum absolute atomic E-state index is 0.0293. The van der Waals surface area contributed by atoms with E-state index in [0.717, 1.165) is 6.54 Å². The van der Waals surface area contributed by atoms with Crippen molar-refractivity contribution in [2.75, 3.05) is 6.54 Å². The summed E-state index contributed by atoms with van der Waals surface area (Å²) in [6.07, 6.45) is 0. The van der Waals surface area contributed by atoms with Crippen molar-refractivity contribution in [3.63, 3.8) is 0 Å². The molecule has 1 atom stereocenters. The molecule has 0 aliphatic rings. The maximum absolute atomic E-state index is 13.9. The summed E-state index contributed by atoms with van der Waals surface area (Å²) in [4.78, 5) is 0. The average Bonchev–Trinajstić information content (AvgIpc) is 2.72. The molecule has 0 amide bonds. The van der Waals surface area contributed by atoms with E-state index in [2.05, 4.69) is 21.2 Å². The molecule has 2 rings (SSSR count). The van der Waals surface area contributed by atoms with Crippen molar-refractivity contribution in [1.82, 2.24) is 5.32 Å². The number of hydrogen-bond donors (Lipinski definition) is 1. The lowest BCUT2D eigenvalue weighted by Gasteiger charge is -2.07. The highest BCUT2D eigenvalue weighted by atomic mass is 79.9. The molecule has 0 fully saturated rings. The summed E-state index contributed by atoms with van der Waals surface area (Å²) in [5, 5.41) is 4.02. The molecule has 1 aromatic heterocycles. The van der Waals surface area contributed by atoms with E-state index in [4.69, 9.17) is 16.0 Å². The van der Waals surface area contributed by atoms with Gasteiger partial charge in [0.25, 0.3) is 0 Å². The molecule has 92 valence electrons. The quantitative estimate of drug-likeness (QED) is 0.832. The Morgan fingerprint density at radius 3 is 2.88 bits per heavy atom. The molecular weight excluding hydrogens is 308 g/mol. The van der Waals surface area contributed by atoms with Crippen LogP contribution in [0.4, 0.5) is 4.39 Å². The van der Waals surface area contributed by atoms with Crippen LogP contribution >= 0.6 is 27.5 Å². The Bertz CT molecular complexity index is 555. The second-order valence-corrected chi connectivity index (χ2v) is 5.09. The van der Waals surface area contributed by atoms with Crippen molar-refractivity contribution in [3.05, 3.63) is 33.2 Å². The predicted molar refractivity (Wildman–Crippen MR) is 71.0 cm³/mol. The summed E-state index contributed by atoms with van der Waals surface area (Å²) in [7, 11) is 0. The fourth-order valence-electron chi connectivity index (χ4n) is 1.74. The second-order valence-electron chi connectivity index (χ2n) is 3.83. The SMILES string of the molecule is CCNC(C)c1cc2c(F)c(Br)cc(Cl)c2o1. The predicted octanol–water partition coefficient (Wildman–Crippen LogP) is 4.66. The van der Waals surface area contributed by atoms with Gasteiger partial charge in [0, 0.05) is 0 Å². The van der Waals surface area contributed by atoms with Crippen LogP contribution < -0.4 is 5.32 Å². The van der Waals surface area contributed by atoms with E-state index in [0.29, 0.717) is 26.2 Å². The Hall–Kier alpha value is -0.580. The van der Waals surface area contributed by atoms with Crippen molar-refractivity contribution in [2.24, 2.45) is 0 Å². The summed E-state index contributed by atoms with van der Waals surface area (Å²) in [5.41, 5.74) is 0.395. The third-order valence-electron chi connectivity index (χ3n) is 2.60. The van der Waals surface area contributed by atoms with Gasteiger partial charge in [0.2, 0.25) is 0 Å². The van der Waals surface area contributed by atoms with Crippen molar-refractivity contribution in [1.29, 1.82) is 0 Å². The van der Waals surface area contributed by atoms with Crippen molar-refractivity contribution >= 4 is 38.5 Å². The molecule has 1 N–H and O–H groups in total. The molecular formula is C12H12BrClFNO. The van der Waals surface area contributed by atoms with Crippen LogP contribution in [-0.4, -0.2) is 6.54 Å². The monoisotopic (exact) mass is 319 g/mol. The summed E-state index contributed by atoms with van der Waals surface area (Å²) < 4.78 is 19.8. The molecule has 0 radical (unpaired) electrons. The Balaban J connectivity index is 2.57. The number of fused-ring (bicyclic) bond motifs is 1. The normalized spacial score (nSPS) is 13.2. The summed E-state index contributed by atoms with van der Waals surface area (Å²) in [5.74, 6) is 0.337. The molecule has 0 bridgehead atoms. The van der Waals surface area contributed by atoms with Gasteiger partial charge in [-0.05, 0) is 41.5 Å². The first kappa shape index (κ1) is 12.9. The maximum atomic E-state index is 13.9. The van der Waals surface area contributed by atoms with E-state index in [1.54, 1.807) is 6.07 Å². The van der Waals surface area contributed by atoms with Gasteiger partial charge in [0.15, 0.2) is 5.58 Å². The minimum atomic E-state index is -0.344. The molecule has 1 unspecified atom stereocenters. The first-order valence-corrected chi connectivity index (χ1v) is 6.52. The van der Waals surface area contributed by atoms with Gasteiger partial charge in [-0.15, -0.1) is 0 Å². The maximum Gasteiger partial charge on any atom is 0.155 e. The molecule has 0 saturated carbocycles. The number of hydrogen-bond acceptors (Lipinski definition) is 2. The van der Waals surface area contributed by atoms with E-state index < -0.39 is 0 Å². The molecule has 0 saturated heterocycles. The van der Waals surface area contributed by atoms with Crippen molar-refractivity contribution in [2.45, 2.75) is 19.9 Å². The fraction of sp³-hybridized carbons (Fsp3) is 0.333. The standard InChI is InChI=1S/C12H12BrClFNO/c1-3-16-6(2)10-4-7-11(15)8(13)5-9(14)12(7)17-10/h4-6,16H,3H2,1-2H3. The van der Waals surface area contributed by atoms with Crippen LogP contribution in [0.1, 0.15) is 25.6 Å². The molecule has 2 aromatic rings. The van der Waals surface area contributed by atoms with E-state index in [1.165, 1.54) is 6.07 Å². The number of rotatable bonds is 3. The number of halogens is 3. The highest BCUT2D eigenvalue weighted by molar-refractivity contribution is 9.10. The number of nitrogens with one attached hydrogen (secondary N) is 1. The van der Waals surface area contributed by atoms with E-state index in [1.807, 2.05) is 13.8 Å². The molecule has 0 spiro atoms. The molecule has 2 nitrogen and oxygen atoms in total. The first-order chi connectivity index (χ1) is 8.04. The van der Waals surface area contributed by atoms with Crippen LogP contribution in [0.25, 0.3) is 11.0 Å². The van der Waals surface area contributed by atoms with Crippen LogP contribution in [-0.2, 0) is 0 Å². The lowest BCUT2D eigenvalue weighted by atomic mass is 10.2. The van der Waals surface area contributed by atoms with Crippen molar-refractivity contribution < 1.29 is 8.81 Å².